The molecule has 0 aliphatic carbocycles. The van der Waals surface area contributed by atoms with Gasteiger partial charge in [0.2, 0.25) is 0 Å². The van der Waals surface area contributed by atoms with Gasteiger partial charge in [0.1, 0.15) is 6.54 Å². The van der Waals surface area contributed by atoms with Crippen molar-refractivity contribution in [2.75, 3.05) is 11.4 Å². The molecule has 0 N–H and O–H groups in total. The van der Waals surface area contributed by atoms with Crippen molar-refractivity contribution in [3.63, 3.8) is 0 Å². The van der Waals surface area contributed by atoms with Gasteiger partial charge in [-0.05, 0) is 35.4 Å². The van der Waals surface area contributed by atoms with E-state index in [1.54, 1.807) is 29.2 Å². The first-order chi connectivity index (χ1) is 14.1. The Morgan fingerprint density at radius 2 is 1.10 bits per heavy atom. The van der Waals surface area contributed by atoms with Gasteiger partial charge in [0.25, 0.3) is 17.7 Å². The van der Waals surface area contributed by atoms with Crippen LogP contribution in [0.4, 0.5) is 11.4 Å². The van der Waals surface area contributed by atoms with Crippen molar-refractivity contribution in [3.05, 3.63) is 95.1 Å². The second kappa shape index (κ2) is 6.56. The smallest absolute Gasteiger partial charge is 0.262 e. The van der Waals surface area contributed by atoms with Crippen molar-refractivity contribution < 1.29 is 14.4 Å². The van der Waals surface area contributed by atoms with Crippen molar-refractivity contribution in [3.8, 4) is 0 Å². The Bertz CT molecular complexity index is 1130. The van der Waals surface area contributed by atoms with E-state index in [2.05, 4.69) is 0 Å². The van der Waals surface area contributed by atoms with Crippen molar-refractivity contribution in [2.24, 2.45) is 0 Å². The molecule has 2 aliphatic rings. The minimum Gasteiger partial charge on any atom is -0.278 e. The molecule has 0 radical (unpaired) electrons. The molecule has 3 aromatic rings. The molecule has 0 unspecified atom stereocenters. The number of fused-ring (bicyclic) bond motifs is 3. The third-order valence-corrected chi connectivity index (χ3v) is 5.22. The minimum absolute atomic E-state index is 0.324. The van der Waals surface area contributed by atoms with Gasteiger partial charge in [0, 0.05) is 0 Å². The van der Waals surface area contributed by atoms with Gasteiger partial charge in [-0.2, -0.15) is 0 Å². The molecule has 3 amide bonds. The summed E-state index contributed by atoms with van der Waals surface area (Å²) in [5, 5.41) is 0. The van der Waals surface area contributed by atoms with E-state index in [4.69, 9.17) is 0 Å². The highest BCUT2D eigenvalue weighted by Gasteiger charge is 2.38. The molecule has 2 heterocycles. The van der Waals surface area contributed by atoms with E-state index in [0.717, 1.165) is 27.4 Å². The van der Waals surface area contributed by atoms with Gasteiger partial charge in [0.05, 0.1) is 22.5 Å². The molecule has 29 heavy (non-hydrogen) atoms. The molecule has 0 fully saturated rings. The highest BCUT2D eigenvalue weighted by atomic mass is 16.2. The number of amides is 3. The van der Waals surface area contributed by atoms with Crippen LogP contribution in [-0.4, -0.2) is 29.2 Å². The SMILES string of the molecule is O=C1c2ccccc2C(=O)N1CC(=O)N1c2ccccc2C=Cc2ccccc21. The zero-order valence-corrected chi connectivity index (χ0v) is 15.4. The normalized spacial score (nSPS) is 14.3. The summed E-state index contributed by atoms with van der Waals surface area (Å²) in [6.45, 7) is -0.324. The fourth-order valence-electron chi connectivity index (χ4n) is 3.83. The molecule has 5 nitrogen and oxygen atoms in total. The van der Waals surface area contributed by atoms with Crippen LogP contribution in [0.3, 0.4) is 0 Å². The molecule has 2 aliphatic heterocycles. The van der Waals surface area contributed by atoms with Crippen LogP contribution < -0.4 is 4.90 Å². The third-order valence-electron chi connectivity index (χ3n) is 5.22. The topological polar surface area (TPSA) is 57.7 Å². The predicted octanol–water partition coefficient (Wildman–Crippen LogP) is 4.13. The number of rotatable bonds is 2. The van der Waals surface area contributed by atoms with Crippen LogP contribution in [-0.2, 0) is 4.79 Å². The minimum atomic E-state index is -0.437. The fraction of sp³-hybridized carbons (Fsp3) is 0.0417. The first kappa shape index (κ1) is 17.1. The molecule has 140 valence electrons. The summed E-state index contributed by atoms with van der Waals surface area (Å²) in [6, 6.07) is 21.8. The van der Waals surface area contributed by atoms with Crippen LogP contribution in [0.5, 0.6) is 0 Å². The first-order valence-corrected chi connectivity index (χ1v) is 9.29. The number of carbonyl (C=O) groups excluding carboxylic acids is 3. The van der Waals surface area contributed by atoms with Crippen LogP contribution >= 0.6 is 0 Å². The molecule has 3 aromatic carbocycles. The van der Waals surface area contributed by atoms with Crippen LogP contribution in [0.25, 0.3) is 12.2 Å². The first-order valence-electron chi connectivity index (χ1n) is 9.29. The number of carbonyl (C=O) groups is 3. The largest absolute Gasteiger partial charge is 0.278 e. The molecule has 0 spiro atoms. The van der Waals surface area contributed by atoms with Crippen LogP contribution in [0, 0.1) is 0 Å². The number of para-hydroxylation sites is 2. The Morgan fingerprint density at radius 1 is 0.655 bits per heavy atom. The van der Waals surface area contributed by atoms with Crippen LogP contribution in [0.2, 0.25) is 0 Å². The highest BCUT2D eigenvalue weighted by Crippen LogP contribution is 2.36. The van der Waals surface area contributed by atoms with Gasteiger partial charge < -0.3 is 0 Å². The Labute approximate surface area is 167 Å². The van der Waals surface area contributed by atoms with E-state index in [9.17, 15) is 14.4 Å². The summed E-state index contributed by atoms with van der Waals surface area (Å²) >= 11 is 0. The number of imide groups is 1. The lowest BCUT2D eigenvalue weighted by molar-refractivity contribution is -0.118. The maximum absolute atomic E-state index is 13.4. The Kier molecular flexibility index (Phi) is 3.88. The van der Waals surface area contributed by atoms with E-state index in [0.29, 0.717) is 11.1 Å². The van der Waals surface area contributed by atoms with Crippen LogP contribution in [0.1, 0.15) is 31.8 Å². The van der Waals surface area contributed by atoms with Gasteiger partial charge in [0.15, 0.2) is 0 Å². The Hall–Kier alpha value is -3.99. The quantitative estimate of drug-likeness (QED) is 0.628. The number of nitrogens with zero attached hydrogens (tertiary/aromatic N) is 2. The summed E-state index contributed by atoms with van der Waals surface area (Å²) in [5.41, 5.74) is 3.89. The number of benzene rings is 3. The number of anilines is 2. The van der Waals surface area contributed by atoms with Crippen molar-refractivity contribution in [2.45, 2.75) is 0 Å². The lowest BCUT2D eigenvalue weighted by atomic mass is 10.1. The standard InChI is InChI=1S/C24H16N2O3/c27-22(15-25-23(28)18-9-3-4-10-19(18)24(25)29)26-20-11-5-1-7-16(20)13-14-17-8-2-6-12-21(17)26/h1-14H,15H2. The molecular formula is C24H16N2O3. The molecular weight excluding hydrogens is 364 g/mol. The van der Waals surface area contributed by atoms with Crippen molar-refractivity contribution in [1.82, 2.24) is 4.90 Å². The number of hydrogen-bond acceptors (Lipinski definition) is 3. The monoisotopic (exact) mass is 380 g/mol. The second-order valence-corrected chi connectivity index (χ2v) is 6.92. The van der Waals surface area contributed by atoms with Gasteiger partial charge in [-0.15, -0.1) is 0 Å². The van der Waals surface area contributed by atoms with E-state index in [1.165, 1.54) is 0 Å². The summed E-state index contributed by atoms with van der Waals surface area (Å²) < 4.78 is 0. The zero-order chi connectivity index (χ0) is 20.0. The van der Waals surface area contributed by atoms with Gasteiger partial charge >= 0.3 is 0 Å². The maximum atomic E-state index is 13.4. The molecule has 0 saturated carbocycles. The average Bonchev–Trinajstić information content (AvgIpc) is 2.90. The lowest BCUT2D eigenvalue weighted by Gasteiger charge is -2.26. The number of hydrogen-bond donors (Lipinski definition) is 0. The molecule has 0 bridgehead atoms. The summed E-state index contributed by atoms with van der Waals surface area (Å²) in [5.74, 6) is -1.22. The third kappa shape index (κ3) is 2.67. The van der Waals surface area contributed by atoms with E-state index in [-0.39, 0.29) is 12.5 Å². The average molecular weight is 380 g/mol. The van der Waals surface area contributed by atoms with E-state index < -0.39 is 11.8 Å². The molecule has 0 atom stereocenters. The van der Waals surface area contributed by atoms with E-state index >= 15 is 0 Å². The van der Waals surface area contributed by atoms with Gasteiger partial charge in [-0.1, -0.05) is 60.7 Å². The Balaban J connectivity index is 1.55. The highest BCUT2D eigenvalue weighted by molar-refractivity contribution is 6.23. The molecule has 0 saturated heterocycles. The van der Waals surface area contributed by atoms with Crippen LogP contribution in [0.15, 0.2) is 72.8 Å². The van der Waals surface area contributed by atoms with Crippen molar-refractivity contribution in [1.29, 1.82) is 0 Å². The van der Waals surface area contributed by atoms with Crippen molar-refractivity contribution >= 4 is 41.2 Å². The molecule has 5 rings (SSSR count). The fourth-order valence-corrected chi connectivity index (χ4v) is 3.83. The Morgan fingerprint density at radius 3 is 1.62 bits per heavy atom. The maximum Gasteiger partial charge on any atom is 0.262 e. The summed E-state index contributed by atoms with van der Waals surface area (Å²) in [4.78, 5) is 41.5. The van der Waals surface area contributed by atoms with E-state index in [1.807, 2.05) is 60.7 Å². The van der Waals surface area contributed by atoms with Gasteiger partial charge in [-0.25, -0.2) is 0 Å². The summed E-state index contributed by atoms with van der Waals surface area (Å²) in [6.07, 6.45) is 3.92. The molecule has 5 heteroatoms. The second-order valence-electron chi connectivity index (χ2n) is 6.92. The zero-order valence-electron chi connectivity index (χ0n) is 15.4. The van der Waals surface area contributed by atoms with Gasteiger partial charge in [-0.3, -0.25) is 24.2 Å². The predicted molar refractivity (Wildman–Crippen MR) is 111 cm³/mol. The summed E-state index contributed by atoms with van der Waals surface area (Å²) in [7, 11) is 0. The molecule has 0 aromatic heterocycles. The lowest BCUT2D eigenvalue weighted by Crippen LogP contribution is -2.41.